The summed E-state index contributed by atoms with van der Waals surface area (Å²) < 4.78 is 19.4. The van der Waals surface area contributed by atoms with E-state index in [0.29, 0.717) is 16.9 Å². The minimum atomic E-state index is -0.287. The average Bonchev–Trinajstić information content (AvgIpc) is 2.46. The third-order valence-corrected chi connectivity index (χ3v) is 3.57. The lowest BCUT2D eigenvalue weighted by atomic mass is 9.93. The van der Waals surface area contributed by atoms with E-state index in [1.807, 2.05) is 39.0 Å². The molecule has 2 aromatic carbocycles. The van der Waals surface area contributed by atoms with E-state index in [1.54, 1.807) is 6.07 Å². The van der Waals surface area contributed by atoms with Crippen LogP contribution in [0.1, 0.15) is 41.3 Å². The summed E-state index contributed by atoms with van der Waals surface area (Å²) in [4.78, 5) is 11.3. The van der Waals surface area contributed by atoms with Gasteiger partial charge in [-0.3, -0.25) is 4.79 Å². The van der Waals surface area contributed by atoms with Crippen LogP contribution in [0.25, 0.3) is 11.1 Å². The summed E-state index contributed by atoms with van der Waals surface area (Å²) in [5, 5.41) is 0. The van der Waals surface area contributed by atoms with Gasteiger partial charge in [0.1, 0.15) is 11.6 Å². The Morgan fingerprint density at radius 2 is 1.86 bits per heavy atom. The van der Waals surface area contributed by atoms with Crippen molar-refractivity contribution in [3.63, 3.8) is 0 Å². The second-order valence-electron chi connectivity index (χ2n) is 5.44. The van der Waals surface area contributed by atoms with Gasteiger partial charge in [0.25, 0.3) is 0 Å². The van der Waals surface area contributed by atoms with Gasteiger partial charge in [0.2, 0.25) is 0 Å². The lowest BCUT2D eigenvalue weighted by Gasteiger charge is -2.15. The number of carbonyl (C=O) groups excluding carboxylic acids is 1. The molecule has 0 spiro atoms. The molecule has 0 amide bonds. The van der Waals surface area contributed by atoms with Crippen molar-refractivity contribution in [1.29, 1.82) is 0 Å². The number of aryl methyl sites for hydroxylation is 1. The molecule has 2 nitrogen and oxygen atoms in total. The second-order valence-corrected chi connectivity index (χ2v) is 5.44. The number of ether oxygens (including phenoxy) is 1. The van der Waals surface area contributed by atoms with Crippen molar-refractivity contribution in [1.82, 2.24) is 0 Å². The van der Waals surface area contributed by atoms with E-state index in [2.05, 4.69) is 0 Å². The van der Waals surface area contributed by atoms with Crippen molar-refractivity contribution >= 4 is 6.29 Å². The molecule has 21 heavy (non-hydrogen) atoms. The lowest BCUT2D eigenvalue weighted by molar-refractivity contribution is 0.112. The van der Waals surface area contributed by atoms with Gasteiger partial charge in [-0.15, -0.1) is 0 Å². The minimum absolute atomic E-state index is 0.0554. The van der Waals surface area contributed by atoms with Crippen LogP contribution in [0.15, 0.2) is 30.3 Å². The zero-order valence-corrected chi connectivity index (χ0v) is 12.7. The van der Waals surface area contributed by atoms with Crippen LogP contribution in [0.3, 0.4) is 0 Å². The molecule has 3 heteroatoms. The van der Waals surface area contributed by atoms with Gasteiger partial charge in [0.05, 0.1) is 7.11 Å². The van der Waals surface area contributed by atoms with Crippen LogP contribution < -0.4 is 4.74 Å². The Balaban J connectivity index is 2.73. The number of hydrogen-bond donors (Lipinski definition) is 0. The Labute approximate surface area is 124 Å². The first-order valence-corrected chi connectivity index (χ1v) is 6.91. The van der Waals surface area contributed by atoms with Gasteiger partial charge >= 0.3 is 0 Å². The third-order valence-electron chi connectivity index (χ3n) is 3.57. The summed E-state index contributed by atoms with van der Waals surface area (Å²) in [6.07, 6.45) is 0.820. The molecule has 0 aromatic heterocycles. The maximum Gasteiger partial charge on any atom is 0.150 e. The van der Waals surface area contributed by atoms with Crippen LogP contribution in [0.5, 0.6) is 5.75 Å². The number of aldehydes is 1. The van der Waals surface area contributed by atoms with Gasteiger partial charge in [-0.25, -0.2) is 4.39 Å². The van der Waals surface area contributed by atoms with Crippen molar-refractivity contribution in [2.75, 3.05) is 7.11 Å². The van der Waals surface area contributed by atoms with Crippen LogP contribution in [0.2, 0.25) is 0 Å². The molecule has 0 saturated heterocycles. The highest BCUT2D eigenvalue weighted by Crippen LogP contribution is 2.36. The molecule has 0 atom stereocenters. The molecule has 0 heterocycles. The van der Waals surface area contributed by atoms with E-state index in [-0.39, 0.29) is 11.7 Å². The van der Waals surface area contributed by atoms with Crippen molar-refractivity contribution < 1.29 is 13.9 Å². The van der Waals surface area contributed by atoms with Gasteiger partial charge in [-0.1, -0.05) is 31.5 Å². The SMILES string of the molecule is COc1cc(F)c(C(C)C)cc1-c1ccc(C)cc1C=O. The van der Waals surface area contributed by atoms with Gasteiger partial charge in [0.15, 0.2) is 6.29 Å². The highest BCUT2D eigenvalue weighted by molar-refractivity contribution is 5.89. The maximum atomic E-state index is 14.1. The monoisotopic (exact) mass is 286 g/mol. The average molecular weight is 286 g/mol. The van der Waals surface area contributed by atoms with Crippen molar-refractivity contribution in [2.45, 2.75) is 26.7 Å². The van der Waals surface area contributed by atoms with Crippen LogP contribution in [-0.4, -0.2) is 13.4 Å². The minimum Gasteiger partial charge on any atom is -0.496 e. The fourth-order valence-corrected chi connectivity index (χ4v) is 2.42. The molecule has 0 radical (unpaired) electrons. The van der Waals surface area contributed by atoms with Crippen molar-refractivity contribution in [3.8, 4) is 16.9 Å². The summed E-state index contributed by atoms with van der Waals surface area (Å²) in [5.74, 6) is 0.203. The summed E-state index contributed by atoms with van der Waals surface area (Å²) in [6.45, 7) is 5.80. The standard InChI is InChI=1S/C18H19FO2/c1-11(2)15-8-16(18(21-4)9-17(15)19)14-6-5-12(3)7-13(14)10-20/h5-11H,1-4H3. The molecule has 2 aromatic rings. The zero-order valence-electron chi connectivity index (χ0n) is 12.7. The van der Waals surface area contributed by atoms with Gasteiger partial charge in [0, 0.05) is 17.2 Å². The van der Waals surface area contributed by atoms with Crippen molar-refractivity contribution in [3.05, 3.63) is 52.8 Å². The van der Waals surface area contributed by atoms with Crippen LogP contribution >= 0.6 is 0 Å². The van der Waals surface area contributed by atoms with E-state index >= 15 is 0 Å². The Kier molecular flexibility index (Phi) is 4.41. The first-order valence-electron chi connectivity index (χ1n) is 6.91. The largest absolute Gasteiger partial charge is 0.496 e. The second kappa shape index (κ2) is 6.08. The molecule has 0 unspecified atom stereocenters. The lowest BCUT2D eigenvalue weighted by Crippen LogP contribution is -1.99. The molecule has 0 bridgehead atoms. The zero-order chi connectivity index (χ0) is 15.6. The Hall–Kier alpha value is -2.16. The quantitative estimate of drug-likeness (QED) is 0.758. The van der Waals surface area contributed by atoms with Gasteiger partial charge in [-0.2, -0.15) is 0 Å². The number of hydrogen-bond acceptors (Lipinski definition) is 2. The summed E-state index contributed by atoms with van der Waals surface area (Å²) in [6, 6.07) is 8.79. The van der Waals surface area contributed by atoms with Crippen molar-refractivity contribution in [2.24, 2.45) is 0 Å². The number of carbonyl (C=O) groups is 1. The van der Waals surface area contributed by atoms with Crippen LogP contribution in [-0.2, 0) is 0 Å². The van der Waals surface area contributed by atoms with Gasteiger partial charge in [-0.05, 0) is 36.1 Å². The first kappa shape index (κ1) is 15.2. The topological polar surface area (TPSA) is 26.3 Å². The molecular weight excluding hydrogens is 267 g/mol. The molecule has 0 aliphatic carbocycles. The number of rotatable bonds is 4. The summed E-state index contributed by atoms with van der Waals surface area (Å²) in [7, 11) is 1.50. The fraction of sp³-hybridized carbons (Fsp3) is 0.278. The molecule has 110 valence electrons. The third kappa shape index (κ3) is 2.97. The fourth-order valence-electron chi connectivity index (χ4n) is 2.42. The van der Waals surface area contributed by atoms with E-state index in [9.17, 15) is 9.18 Å². The van der Waals surface area contributed by atoms with E-state index < -0.39 is 0 Å². The number of benzene rings is 2. The van der Waals surface area contributed by atoms with Crippen LogP contribution in [0, 0.1) is 12.7 Å². The normalized spacial score (nSPS) is 10.8. The summed E-state index contributed by atoms with van der Waals surface area (Å²) >= 11 is 0. The molecule has 0 aliphatic heterocycles. The smallest absolute Gasteiger partial charge is 0.150 e. The van der Waals surface area contributed by atoms with Crippen LogP contribution in [0.4, 0.5) is 4.39 Å². The molecular formula is C18H19FO2. The highest BCUT2D eigenvalue weighted by atomic mass is 19.1. The highest BCUT2D eigenvalue weighted by Gasteiger charge is 2.16. The molecule has 0 aliphatic rings. The van der Waals surface area contributed by atoms with Gasteiger partial charge < -0.3 is 4.74 Å². The van der Waals surface area contributed by atoms with E-state index in [1.165, 1.54) is 13.2 Å². The molecule has 0 saturated carbocycles. The van der Waals surface area contributed by atoms with E-state index in [4.69, 9.17) is 4.74 Å². The number of methoxy groups -OCH3 is 1. The molecule has 0 N–H and O–H groups in total. The first-order chi connectivity index (χ1) is 9.97. The Bertz CT molecular complexity index is 675. The molecule has 0 fully saturated rings. The summed E-state index contributed by atoms with van der Waals surface area (Å²) in [5.41, 5.74) is 3.70. The number of halogens is 1. The Morgan fingerprint density at radius 1 is 1.14 bits per heavy atom. The maximum absolute atomic E-state index is 14.1. The predicted octanol–water partition coefficient (Wildman–Crippen LogP) is 4.75. The predicted molar refractivity (Wildman–Crippen MR) is 82.6 cm³/mol. The molecule has 2 rings (SSSR count). The van der Waals surface area contributed by atoms with E-state index in [0.717, 1.165) is 23.0 Å². The Morgan fingerprint density at radius 3 is 2.43 bits per heavy atom.